The van der Waals surface area contributed by atoms with E-state index < -0.39 is 16.0 Å². The molecular formula is C14H18N2O4S. The van der Waals surface area contributed by atoms with E-state index in [4.69, 9.17) is 5.11 Å². The molecule has 0 bridgehead atoms. The Labute approximate surface area is 124 Å². The first-order valence-corrected chi connectivity index (χ1v) is 8.03. The summed E-state index contributed by atoms with van der Waals surface area (Å²) >= 11 is 0. The van der Waals surface area contributed by atoms with E-state index in [9.17, 15) is 13.2 Å². The number of hydrogen-bond donors (Lipinski definition) is 1. The molecule has 0 aromatic heterocycles. The maximum Gasteiger partial charge on any atom is 0.328 e. The Balaban J connectivity index is 2.15. The van der Waals surface area contributed by atoms with Crippen LogP contribution < -0.4 is 0 Å². The Bertz CT molecular complexity index is 629. The summed E-state index contributed by atoms with van der Waals surface area (Å²) in [6.45, 7) is 2.41. The van der Waals surface area contributed by atoms with Crippen molar-refractivity contribution < 1.29 is 18.3 Å². The number of nitrogens with zero attached hydrogens (tertiary/aromatic N) is 2. The lowest BCUT2D eigenvalue weighted by atomic mass is 10.2. The van der Waals surface area contributed by atoms with Gasteiger partial charge in [0.15, 0.2) is 0 Å². The molecule has 1 saturated heterocycles. The van der Waals surface area contributed by atoms with Crippen molar-refractivity contribution in [1.82, 2.24) is 9.21 Å². The van der Waals surface area contributed by atoms with Crippen LogP contribution in [0.3, 0.4) is 0 Å². The second-order valence-electron chi connectivity index (χ2n) is 4.95. The first kappa shape index (κ1) is 15.7. The highest BCUT2D eigenvalue weighted by Gasteiger charge is 2.27. The molecule has 1 aliphatic heterocycles. The fraction of sp³-hybridized carbons (Fsp3) is 0.357. The predicted octanol–water partition coefficient (Wildman–Crippen LogP) is 0.720. The molecule has 2 rings (SSSR count). The molecule has 1 fully saturated rings. The number of rotatable bonds is 4. The fourth-order valence-electron chi connectivity index (χ4n) is 2.10. The molecule has 0 amide bonds. The van der Waals surface area contributed by atoms with Crippen molar-refractivity contribution in [1.29, 1.82) is 0 Å². The summed E-state index contributed by atoms with van der Waals surface area (Å²) in [5, 5.41) is 8.56. The molecule has 1 aromatic carbocycles. The van der Waals surface area contributed by atoms with E-state index in [2.05, 4.69) is 4.90 Å². The zero-order chi connectivity index (χ0) is 15.5. The zero-order valence-electron chi connectivity index (χ0n) is 11.8. The van der Waals surface area contributed by atoms with Gasteiger partial charge >= 0.3 is 5.97 Å². The van der Waals surface area contributed by atoms with Gasteiger partial charge in [0.1, 0.15) is 0 Å². The van der Waals surface area contributed by atoms with Crippen molar-refractivity contribution >= 4 is 22.1 Å². The van der Waals surface area contributed by atoms with Gasteiger partial charge in [-0.25, -0.2) is 13.2 Å². The van der Waals surface area contributed by atoms with Crippen LogP contribution in [0.25, 0.3) is 6.08 Å². The lowest BCUT2D eigenvalue weighted by Gasteiger charge is -2.31. The van der Waals surface area contributed by atoms with Crippen LogP contribution in [-0.2, 0) is 14.8 Å². The summed E-state index contributed by atoms with van der Waals surface area (Å²) in [5.74, 6) is -1.04. The van der Waals surface area contributed by atoms with Crippen LogP contribution in [-0.4, -0.2) is 61.9 Å². The third-order valence-electron chi connectivity index (χ3n) is 3.40. The van der Waals surface area contributed by atoms with Crippen molar-refractivity contribution in [3.8, 4) is 0 Å². The fourth-order valence-corrected chi connectivity index (χ4v) is 3.52. The van der Waals surface area contributed by atoms with Gasteiger partial charge in [-0.2, -0.15) is 4.31 Å². The molecule has 7 heteroatoms. The number of piperazine rings is 1. The van der Waals surface area contributed by atoms with Gasteiger partial charge in [-0.15, -0.1) is 0 Å². The minimum atomic E-state index is -3.47. The summed E-state index contributed by atoms with van der Waals surface area (Å²) in [7, 11) is -1.50. The Hall–Kier alpha value is -1.70. The Morgan fingerprint density at radius 2 is 1.71 bits per heavy atom. The molecular weight excluding hydrogens is 292 g/mol. The van der Waals surface area contributed by atoms with Crippen molar-refractivity contribution in [2.45, 2.75) is 4.90 Å². The molecule has 0 saturated carbocycles. The Morgan fingerprint density at radius 1 is 1.14 bits per heavy atom. The quantitative estimate of drug-likeness (QED) is 0.829. The van der Waals surface area contributed by atoms with Gasteiger partial charge in [0.2, 0.25) is 10.0 Å². The van der Waals surface area contributed by atoms with Crippen LogP contribution in [0.4, 0.5) is 0 Å². The average Bonchev–Trinajstić information content (AvgIpc) is 2.46. The zero-order valence-corrected chi connectivity index (χ0v) is 12.6. The van der Waals surface area contributed by atoms with Gasteiger partial charge in [0.05, 0.1) is 4.90 Å². The van der Waals surface area contributed by atoms with Gasteiger partial charge in [-0.05, 0) is 30.8 Å². The van der Waals surface area contributed by atoms with Crippen LogP contribution in [0.2, 0.25) is 0 Å². The van der Waals surface area contributed by atoms with Gasteiger partial charge in [0.25, 0.3) is 0 Å². The molecule has 21 heavy (non-hydrogen) atoms. The smallest absolute Gasteiger partial charge is 0.328 e. The number of hydrogen-bond acceptors (Lipinski definition) is 4. The number of carboxylic acid groups (broad SMARTS) is 1. The molecule has 114 valence electrons. The summed E-state index contributed by atoms with van der Waals surface area (Å²) in [4.78, 5) is 12.8. The second-order valence-corrected chi connectivity index (χ2v) is 6.89. The highest BCUT2D eigenvalue weighted by molar-refractivity contribution is 7.89. The number of carbonyl (C=O) groups is 1. The maximum atomic E-state index is 12.5. The average molecular weight is 310 g/mol. The molecule has 0 radical (unpaired) electrons. The monoisotopic (exact) mass is 310 g/mol. The van der Waals surface area contributed by atoms with Crippen molar-refractivity contribution in [3.63, 3.8) is 0 Å². The highest BCUT2D eigenvalue weighted by atomic mass is 32.2. The standard InChI is InChI=1S/C14H18N2O4S/c1-15-8-10-16(11-9-15)21(19,20)13-5-2-12(3-6-13)4-7-14(17)18/h2-7H,8-11H2,1H3,(H,17,18)/b7-4+. The van der Waals surface area contributed by atoms with Crippen LogP contribution in [0.1, 0.15) is 5.56 Å². The molecule has 0 unspecified atom stereocenters. The van der Waals surface area contributed by atoms with Crippen LogP contribution in [0.15, 0.2) is 35.2 Å². The number of benzene rings is 1. The molecule has 6 nitrogen and oxygen atoms in total. The van der Waals surface area contributed by atoms with E-state index in [0.717, 1.165) is 19.2 Å². The molecule has 0 aliphatic carbocycles. The van der Waals surface area contributed by atoms with Gasteiger partial charge in [-0.3, -0.25) is 0 Å². The Kier molecular flexibility index (Phi) is 4.76. The third-order valence-corrected chi connectivity index (χ3v) is 5.31. The van der Waals surface area contributed by atoms with Crippen molar-refractivity contribution in [3.05, 3.63) is 35.9 Å². The van der Waals surface area contributed by atoms with E-state index >= 15 is 0 Å². The molecule has 1 aliphatic rings. The van der Waals surface area contributed by atoms with Gasteiger partial charge in [-0.1, -0.05) is 12.1 Å². The Morgan fingerprint density at radius 3 is 2.24 bits per heavy atom. The number of likely N-dealkylation sites (N-methyl/N-ethyl adjacent to an activating group) is 1. The van der Waals surface area contributed by atoms with Crippen molar-refractivity contribution in [2.24, 2.45) is 0 Å². The van der Waals surface area contributed by atoms with E-state index in [0.29, 0.717) is 18.7 Å². The van der Waals surface area contributed by atoms with E-state index in [1.54, 1.807) is 12.1 Å². The normalized spacial score (nSPS) is 18.1. The number of aliphatic carboxylic acids is 1. The van der Waals surface area contributed by atoms with Gasteiger partial charge < -0.3 is 10.0 Å². The van der Waals surface area contributed by atoms with Crippen LogP contribution >= 0.6 is 0 Å². The molecule has 0 spiro atoms. The summed E-state index contributed by atoms with van der Waals surface area (Å²) in [6, 6.07) is 6.22. The maximum absolute atomic E-state index is 12.5. The SMILES string of the molecule is CN1CCN(S(=O)(=O)c2ccc(/C=C/C(=O)O)cc2)CC1. The van der Waals surface area contributed by atoms with E-state index in [1.807, 2.05) is 7.05 Å². The minimum absolute atomic E-state index is 0.236. The van der Waals surface area contributed by atoms with Crippen LogP contribution in [0.5, 0.6) is 0 Å². The lowest BCUT2D eigenvalue weighted by Crippen LogP contribution is -2.46. The first-order valence-electron chi connectivity index (χ1n) is 6.59. The predicted molar refractivity (Wildman–Crippen MR) is 79.4 cm³/mol. The summed E-state index contributed by atoms with van der Waals surface area (Å²) in [6.07, 6.45) is 2.44. The van der Waals surface area contributed by atoms with E-state index in [-0.39, 0.29) is 4.90 Å². The third kappa shape index (κ3) is 3.90. The molecule has 1 heterocycles. The summed E-state index contributed by atoms with van der Waals surface area (Å²) < 4.78 is 26.4. The molecule has 1 aromatic rings. The van der Waals surface area contributed by atoms with Gasteiger partial charge in [0, 0.05) is 32.3 Å². The van der Waals surface area contributed by atoms with Crippen LogP contribution in [0, 0.1) is 0 Å². The number of carboxylic acids is 1. The lowest BCUT2D eigenvalue weighted by molar-refractivity contribution is -0.131. The topological polar surface area (TPSA) is 77.9 Å². The number of sulfonamides is 1. The second kappa shape index (κ2) is 6.38. The highest BCUT2D eigenvalue weighted by Crippen LogP contribution is 2.18. The van der Waals surface area contributed by atoms with E-state index in [1.165, 1.54) is 22.5 Å². The molecule has 0 atom stereocenters. The minimum Gasteiger partial charge on any atom is -0.478 e. The summed E-state index contributed by atoms with van der Waals surface area (Å²) in [5.41, 5.74) is 0.648. The first-order chi connectivity index (χ1) is 9.89. The largest absolute Gasteiger partial charge is 0.478 e. The molecule has 1 N–H and O–H groups in total. The van der Waals surface area contributed by atoms with Crippen molar-refractivity contribution in [2.75, 3.05) is 33.2 Å².